The highest BCUT2D eigenvalue weighted by molar-refractivity contribution is 5.89. The van der Waals surface area contributed by atoms with Gasteiger partial charge in [0.05, 0.1) is 13.2 Å². The lowest BCUT2D eigenvalue weighted by molar-refractivity contribution is 0.0958. The van der Waals surface area contributed by atoms with Gasteiger partial charge >= 0.3 is 6.03 Å². The molecule has 5 nitrogen and oxygen atoms in total. The molecule has 2 aromatic rings. The van der Waals surface area contributed by atoms with Crippen molar-refractivity contribution >= 4 is 11.7 Å². The number of aliphatic hydroxyl groups is 1. The van der Waals surface area contributed by atoms with Crippen LogP contribution in [0.25, 0.3) is 11.1 Å². The van der Waals surface area contributed by atoms with Gasteiger partial charge in [0.15, 0.2) is 0 Å². The predicted molar refractivity (Wildman–Crippen MR) is 93.8 cm³/mol. The summed E-state index contributed by atoms with van der Waals surface area (Å²) in [6.45, 7) is 1.87. The molecule has 1 aliphatic rings. The molecule has 0 aromatic heterocycles. The van der Waals surface area contributed by atoms with Crippen molar-refractivity contribution in [1.82, 2.24) is 4.90 Å². The van der Waals surface area contributed by atoms with Crippen LogP contribution in [0.2, 0.25) is 0 Å². The van der Waals surface area contributed by atoms with Crippen molar-refractivity contribution in [1.29, 1.82) is 0 Å². The smallest absolute Gasteiger partial charge is 0.321 e. The Labute approximate surface area is 146 Å². The van der Waals surface area contributed by atoms with Gasteiger partial charge in [-0.3, -0.25) is 0 Å². The van der Waals surface area contributed by atoms with Crippen LogP contribution >= 0.6 is 0 Å². The van der Waals surface area contributed by atoms with E-state index in [1.807, 2.05) is 18.2 Å². The summed E-state index contributed by atoms with van der Waals surface area (Å²) < 4.78 is 18.7. The molecule has 0 aliphatic carbocycles. The van der Waals surface area contributed by atoms with Crippen LogP contribution in [0.5, 0.6) is 0 Å². The summed E-state index contributed by atoms with van der Waals surface area (Å²) in [7, 11) is 0. The van der Waals surface area contributed by atoms with Crippen molar-refractivity contribution in [3.05, 3.63) is 54.3 Å². The summed E-state index contributed by atoms with van der Waals surface area (Å²) in [4.78, 5) is 14.1. The van der Waals surface area contributed by atoms with Crippen molar-refractivity contribution < 1.29 is 19.0 Å². The lowest BCUT2D eigenvalue weighted by Gasteiger charge is -2.23. The SMILES string of the molecule is O=C(Nc1ccc(-c2cccc(F)c2)cc1)N1CCOC[C@H](CO)C1. The number of anilines is 1. The van der Waals surface area contributed by atoms with Gasteiger partial charge in [-0.2, -0.15) is 0 Å². The number of ether oxygens (including phenoxy) is 1. The Morgan fingerprint density at radius 2 is 2.04 bits per heavy atom. The molecule has 1 saturated heterocycles. The van der Waals surface area contributed by atoms with E-state index in [1.165, 1.54) is 12.1 Å². The number of nitrogens with zero attached hydrogens (tertiary/aromatic N) is 1. The van der Waals surface area contributed by atoms with Crippen molar-refractivity contribution in [2.24, 2.45) is 5.92 Å². The van der Waals surface area contributed by atoms with E-state index in [9.17, 15) is 14.3 Å². The fourth-order valence-electron chi connectivity index (χ4n) is 2.79. The van der Waals surface area contributed by atoms with Gasteiger partial charge in [0.2, 0.25) is 0 Å². The second kappa shape index (κ2) is 8.09. The van der Waals surface area contributed by atoms with E-state index in [-0.39, 0.29) is 24.4 Å². The fourth-order valence-corrected chi connectivity index (χ4v) is 2.79. The maximum atomic E-state index is 13.3. The molecule has 1 fully saturated rings. The number of amides is 2. The largest absolute Gasteiger partial charge is 0.396 e. The number of halogens is 1. The summed E-state index contributed by atoms with van der Waals surface area (Å²) in [5.41, 5.74) is 2.32. The molecule has 1 aliphatic heterocycles. The summed E-state index contributed by atoms with van der Waals surface area (Å²) in [6, 6.07) is 13.4. The third-order valence-electron chi connectivity index (χ3n) is 4.18. The van der Waals surface area contributed by atoms with Gasteiger partial charge in [0.1, 0.15) is 5.82 Å². The molecule has 1 atom stereocenters. The van der Waals surface area contributed by atoms with E-state index in [0.29, 0.717) is 32.0 Å². The average molecular weight is 344 g/mol. The lowest BCUT2D eigenvalue weighted by atomic mass is 10.1. The first kappa shape index (κ1) is 17.4. The van der Waals surface area contributed by atoms with Crippen molar-refractivity contribution in [2.45, 2.75) is 0 Å². The first-order valence-corrected chi connectivity index (χ1v) is 8.26. The zero-order chi connectivity index (χ0) is 17.6. The number of nitrogens with one attached hydrogen (secondary N) is 1. The van der Waals surface area contributed by atoms with E-state index in [4.69, 9.17) is 4.74 Å². The Morgan fingerprint density at radius 3 is 2.76 bits per heavy atom. The van der Waals surface area contributed by atoms with Gasteiger partial charge in [-0.05, 0) is 35.4 Å². The molecule has 3 rings (SSSR count). The Balaban J connectivity index is 1.65. The molecular weight excluding hydrogens is 323 g/mol. The normalized spacial score (nSPS) is 17.8. The molecule has 6 heteroatoms. The van der Waals surface area contributed by atoms with E-state index in [1.54, 1.807) is 23.1 Å². The maximum absolute atomic E-state index is 13.3. The topological polar surface area (TPSA) is 61.8 Å². The molecule has 2 amide bonds. The molecule has 0 spiro atoms. The van der Waals surface area contributed by atoms with Crippen LogP contribution in [-0.4, -0.2) is 48.9 Å². The van der Waals surface area contributed by atoms with Gasteiger partial charge in [-0.15, -0.1) is 0 Å². The zero-order valence-corrected chi connectivity index (χ0v) is 13.8. The molecule has 132 valence electrons. The Bertz CT molecular complexity index is 721. The first-order valence-electron chi connectivity index (χ1n) is 8.26. The molecule has 0 bridgehead atoms. The fraction of sp³-hybridized carbons (Fsp3) is 0.316. The molecule has 1 heterocycles. The molecular formula is C19H21FN2O3. The summed E-state index contributed by atoms with van der Waals surface area (Å²) in [5, 5.41) is 12.1. The van der Waals surface area contributed by atoms with Gasteiger partial charge in [-0.25, -0.2) is 9.18 Å². The average Bonchev–Trinajstić information content (AvgIpc) is 2.88. The van der Waals surface area contributed by atoms with Crippen molar-refractivity contribution in [2.75, 3.05) is 38.2 Å². The van der Waals surface area contributed by atoms with Gasteiger partial charge in [-0.1, -0.05) is 24.3 Å². The Morgan fingerprint density at radius 1 is 1.24 bits per heavy atom. The van der Waals surface area contributed by atoms with E-state index in [0.717, 1.165) is 11.1 Å². The number of carbonyl (C=O) groups excluding carboxylic acids is 1. The summed E-state index contributed by atoms with van der Waals surface area (Å²) in [5.74, 6) is -0.347. The number of carbonyl (C=O) groups is 1. The number of urea groups is 1. The number of hydrogen-bond acceptors (Lipinski definition) is 3. The molecule has 2 aromatic carbocycles. The molecule has 2 N–H and O–H groups in total. The zero-order valence-electron chi connectivity index (χ0n) is 13.8. The molecule has 0 unspecified atom stereocenters. The number of rotatable bonds is 3. The number of aliphatic hydroxyl groups excluding tert-OH is 1. The standard InChI is InChI=1S/C19H21FN2O3/c20-17-3-1-2-16(10-17)15-4-6-18(7-5-15)21-19(24)22-8-9-25-13-14(11-22)12-23/h1-7,10,14,23H,8-9,11-13H2,(H,21,24)/t14-/m0/s1. The third-order valence-corrected chi connectivity index (χ3v) is 4.18. The second-order valence-corrected chi connectivity index (χ2v) is 6.09. The van der Waals surface area contributed by atoms with E-state index < -0.39 is 0 Å². The predicted octanol–water partition coefficient (Wildman–Crippen LogP) is 2.97. The quantitative estimate of drug-likeness (QED) is 0.900. The van der Waals surface area contributed by atoms with Crippen molar-refractivity contribution in [3.63, 3.8) is 0 Å². The van der Waals surface area contributed by atoms with Gasteiger partial charge in [0.25, 0.3) is 0 Å². The molecule has 0 saturated carbocycles. The third kappa shape index (κ3) is 4.55. The Kier molecular flexibility index (Phi) is 5.63. The highest BCUT2D eigenvalue weighted by Gasteiger charge is 2.22. The molecule has 0 radical (unpaired) electrons. The van der Waals surface area contributed by atoms with Crippen LogP contribution in [0, 0.1) is 11.7 Å². The minimum Gasteiger partial charge on any atom is -0.396 e. The number of hydrogen-bond donors (Lipinski definition) is 2. The minimum absolute atomic E-state index is 0.00783. The maximum Gasteiger partial charge on any atom is 0.321 e. The van der Waals surface area contributed by atoms with Crippen molar-refractivity contribution in [3.8, 4) is 11.1 Å². The molecule has 25 heavy (non-hydrogen) atoms. The van der Waals surface area contributed by atoms with Crippen LogP contribution in [-0.2, 0) is 4.74 Å². The minimum atomic E-state index is -0.281. The number of benzene rings is 2. The Hall–Kier alpha value is -2.44. The van der Waals surface area contributed by atoms with E-state index >= 15 is 0 Å². The highest BCUT2D eigenvalue weighted by atomic mass is 19.1. The van der Waals surface area contributed by atoms with Crippen LogP contribution in [0.15, 0.2) is 48.5 Å². The first-order chi connectivity index (χ1) is 12.2. The van der Waals surface area contributed by atoms with Crippen LogP contribution in [0.3, 0.4) is 0 Å². The monoisotopic (exact) mass is 344 g/mol. The van der Waals surface area contributed by atoms with E-state index in [2.05, 4.69) is 5.32 Å². The highest BCUT2D eigenvalue weighted by Crippen LogP contribution is 2.22. The van der Waals surface area contributed by atoms with Crippen LogP contribution in [0.1, 0.15) is 0 Å². The second-order valence-electron chi connectivity index (χ2n) is 6.09. The summed E-state index contributed by atoms with van der Waals surface area (Å²) in [6.07, 6.45) is 0. The lowest BCUT2D eigenvalue weighted by Crippen LogP contribution is -2.39. The van der Waals surface area contributed by atoms with Crippen LogP contribution < -0.4 is 5.32 Å². The van der Waals surface area contributed by atoms with Gasteiger partial charge in [0, 0.05) is 31.3 Å². The summed E-state index contributed by atoms with van der Waals surface area (Å²) >= 11 is 0. The van der Waals surface area contributed by atoms with Gasteiger partial charge < -0.3 is 20.1 Å². The van der Waals surface area contributed by atoms with Crippen LogP contribution in [0.4, 0.5) is 14.9 Å².